The highest BCUT2D eigenvalue weighted by atomic mass is 16.3. The summed E-state index contributed by atoms with van der Waals surface area (Å²) >= 11 is 0. The summed E-state index contributed by atoms with van der Waals surface area (Å²) in [6.07, 6.45) is 4.99. The summed E-state index contributed by atoms with van der Waals surface area (Å²) in [6.45, 7) is 0. The number of pyridine rings is 1. The Morgan fingerprint density at radius 1 is 1.00 bits per heavy atom. The number of aromatic nitrogens is 2. The molecule has 0 bridgehead atoms. The van der Waals surface area contributed by atoms with E-state index in [2.05, 4.69) is 15.3 Å². The number of hydrogen-bond acceptors (Lipinski definition) is 5. The standard InChI is InChI=1S/C21H13N3O3/c25-20(14-3-5-18-13(10-14)7-9-26-18)23-16-4-6-19-17(11-16)24-21(27-19)15-2-1-8-22-12-15/h1-12H,(H,23,25). The minimum Gasteiger partial charge on any atom is -0.464 e. The van der Waals surface area contributed by atoms with Crippen LogP contribution in [0.25, 0.3) is 33.5 Å². The van der Waals surface area contributed by atoms with Crippen molar-refractivity contribution in [1.82, 2.24) is 9.97 Å². The maximum Gasteiger partial charge on any atom is 0.255 e. The third-order valence-corrected chi connectivity index (χ3v) is 4.27. The molecule has 5 rings (SSSR count). The Balaban J connectivity index is 1.43. The molecule has 1 amide bonds. The minimum atomic E-state index is -0.201. The first-order valence-corrected chi connectivity index (χ1v) is 8.36. The molecular formula is C21H13N3O3. The number of nitrogens with zero attached hydrogens (tertiary/aromatic N) is 2. The number of carbonyl (C=O) groups is 1. The van der Waals surface area contributed by atoms with Crippen molar-refractivity contribution in [2.45, 2.75) is 0 Å². The number of anilines is 1. The first-order valence-electron chi connectivity index (χ1n) is 8.36. The van der Waals surface area contributed by atoms with Crippen molar-refractivity contribution in [3.63, 3.8) is 0 Å². The van der Waals surface area contributed by atoms with Crippen LogP contribution in [-0.2, 0) is 0 Å². The molecule has 0 aliphatic carbocycles. The molecule has 3 aromatic heterocycles. The number of nitrogens with one attached hydrogen (secondary N) is 1. The fourth-order valence-electron chi connectivity index (χ4n) is 2.93. The van der Waals surface area contributed by atoms with Crippen molar-refractivity contribution in [2.75, 3.05) is 5.32 Å². The number of hydrogen-bond donors (Lipinski definition) is 1. The van der Waals surface area contributed by atoms with Gasteiger partial charge in [0.2, 0.25) is 5.89 Å². The van der Waals surface area contributed by atoms with Crippen molar-refractivity contribution < 1.29 is 13.6 Å². The molecular weight excluding hydrogens is 342 g/mol. The predicted molar refractivity (Wildman–Crippen MR) is 101 cm³/mol. The number of furan rings is 1. The van der Waals surface area contributed by atoms with Gasteiger partial charge in [-0.25, -0.2) is 4.98 Å². The Morgan fingerprint density at radius 2 is 1.93 bits per heavy atom. The van der Waals surface area contributed by atoms with Crippen LogP contribution >= 0.6 is 0 Å². The highest BCUT2D eigenvalue weighted by Crippen LogP contribution is 2.26. The molecule has 130 valence electrons. The molecule has 0 aliphatic rings. The van der Waals surface area contributed by atoms with E-state index in [-0.39, 0.29) is 5.91 Å². The molecule has 6 heteroatoms. The van der Waals surface area contributed by atoms with E-state index in [9.17, 15) is 4.79 Å². The lowest BCUT2D eigenvalue weighted by atomic mass is 10.1. The van der Waals surface area contributed by atoms with Crippen molar-refractivity contribution >= 4 is 33.7 Å². The predicted octanol–water partition coefficient (Wildman–Crippen LogP) is 4.89. The van der Waals surface area contributed by atoms with Gasteiger partial charge in [-0.15, -0.1) is 0 Å². The van der Waals surface area contributed by atoms with Gasteiger partial charge < -0.3 is 14.2 Å². The van der Waals surface area contributed by atoms with E-state index in [0.29, 0.717) is 28.2 Å². The molecule has 5 aromatic rings. The van der Waals surface area contributed by atoms with Crippen LogP contribution in [0.1, 0.15) is 10.4 Å². The van der Waals surface area contributed by atoms with Crippen LogP contribution < -0.4 is 5.32 Å². The van der Waals surface area contributed by atoms with E-state index < -0.39 is 0 Å². The lowest BCUT2D eigenvalue weighted by molar-refractivity contribution is 0.102. The maximum atomic E-state index is 12.5. The number of rotatable bonds is 3. The van der Waals surface area contributed by atoms with E-state index >= 15 is 0 Å². The largest absolute Gasteiger partial charge is 0.464 e. The number of carbonyl (C=O) groups excluding carboxylic acids is 1. The average Bonchev–Trinajstić information content (AvgIpc) is 3.34. The van der Waals surface area contributed by atoms with Crippen LogP contribution in [0.15, 0.2) is 82.1 Å². The molecule has 6 nitrogen and oxygen atoms in total. The zero-order valence-electron chi connectivity index (χ0n) is 14.0. The van der Waals surface area contributed by atoms with Crippen LogP contribution in [0.5, 0.6) is 0 Å². The SMILES string of the molecule is O=C(Nc1ccc2oc(-c3cccnc3)nc2c1)c1ccc2occc2c1. The normalized spacial score (nSPS) is 11.1. The fourth-order valence-corrected chi connectivity index (χ4v) is 2.93. The van der Waals surface area contributed by atoms with Crippen LogP contribution in [0.4, 0.5) is 5.69 Å². The molecule has 27 heavy (non-hydrogen) atoms. The van der Waals surface area contributed by atoms with Gasteiger partial charge in [0.05, 0.1) is 11.8 Å². The van der Waals surface area contributed by atoms with E-state index in [1.54, 1.807) is 55.1 Å². The maximum absolute atomic E-state index is 12.5. The van der Waals surface area contributed by atoms with Gasteiger partial charge in [0.1, 0.15) is 11.1 Å². The van der Waals surface area contributed by atoms with Gasteiger partial charge in [-0.2, -0.15) is 0 Å². The first kappa shape index (κ1) is 15.3. The second kappa shape index (κ2) is 6.10. The molecule has 0 unspecified atom stereocenters. The molecule has 0 spiro atoms. The van der Waals surface area contributed by atoms with E-state index in [4.69, 9.17) is 8.83 Å². The van der Waals surface area contributed by atoms with Crippen LogP contribution in [0, 0.1) is 0 Å². The summed E-state index contributed by atoms with van der Waals surface area (Å²) < 4.78 is 11.1. The number of fused-ring (bicyclic) bond motifs is 2. The zero-order valence-corrected chi connectivity index (χ0v) is 14.0. The Hall–Kier alpha value is -3.93. The summed E-state index contributed by atoms with van der Waals surface area (Å²) in [4.78, 5) is 21.1. The zero-order chi connectivity index (χ0) is 18.2. The summed E-state index contributed by atoms with van der Waals surface area (Å²) in [5, 5.41) is 3.78. The summed E-state index contributed by atoms with van der Waals surface area (Å²) in [7, 11) is 0. The van der Waals surface area contributed by atoms with Gasteiger partial charge in [0, 0.05) is 29.0 Å². The van der Waals surface area contributed by atoms with E-state index in [1.807, 2.05) is 18.2 Å². The first-order chi connectivity index (χ1) is 13.3. The van der Waals surface area contributed by atoms with Gasteiger partial charge in [-0.3, -0.25) is 9.78 Å². The van der Waals surface area contributed by atoms with Gasteiger partial charge in [0.15, 0.2) is 5.58 Å². The number of oxazole rings is 1. The van der Waals surface area contributed by atoms with Gasteiger partial charge >= 0.3 is 0 Å². The molecule has 1 N–H and O–H groups in total. The lowest BCUT2D eigenvalue weighted by Gasteiger charge is -2.05. The molecule has 2 aromatic carbocycles. The molecule has 0 radical (unpaired) electrons. The minimum absolute atomic E-state index is 0.201. The highest BCUT2D eigenvalue weighted by Gasteiger charge is 2.11. The second-order valence-electron chi connectivity index (χ2n) is 6.07. The monoisotopic (exact) mass is 355 g/mol. The summed E-state index contributed by atoms with van der Waals surface area (Å²) in [6, 6.07) is 16.2. The van der Waals surface area contributed by atoms with Gasteiger partial charge in [-0.1, -0.05) is 0 Å². The number of amides is 1. The van der Waals surface area contributed by atoms with Crippen LogP contribution in [0.3, 0.4) is 0 Å². The van der Waals surface area contributed by atoms with E-state index in [0.717, 1.165) is 16.5 Å². The summed E-state index contributed by atoms with van der Waals surface area (Å²) in [5.41, 5.74) is 4.06. The van der Waals surface area contributed by atoms with Crippen LogP contribution in [0.2, 0.25) is 0 Å². The van der Waals surface area contributed by atoms with E-state index in [1.165, 1.54) is 0 Å². The lowest BCUT2D eigenvalue weighted by Crippen LogP contribution is -2.11. The molecule has 0 atom stereocenters. The smallest absolute Gasteiger partial charge is 0.255 e. The number of benzene rings is 2. The molecule has 0 fully saturated rings. The fraction of sp³-hybridized carbons (Fsp3) is 0. The van der Waals surface area contributed by atoms with Crippen LogP contribution in [-0.4, -0.2) is 15.9 Å². The van der Waals surface area contributed by atoms with Gasteiger partial charge in [-0.05, 0) is 54.6 Å². The molecule has 0 saturated heterocycles. The van der Waals surface area contributed by atoms with Crippen molar-refractivity contribution in [1.29, 1.82) is 0 Å². The third-order valence-electron chi connectivity index (χ3n) is 4.27. The molecule has 0 saturated carbocycles. The van der Waals surface area contributed by atoms with Gasteiger partial charge in [0.25, 0.3) is 5.91 Å². The quantitative estimate of drug-likeness (QED) is 0.498. The third kappa shape index (κ3) is 2.83. The highest BCUT2D eigenvalue weighted by molar-refractivity contribution is 6.06. The van der Waals surface area contributed by atoms with Crippen molar-refractivity contribution in [3.05, 3.63) is 78.8 Å². The Bertz CT molecular complexity index is 1270. The Labute approximate surface area is 153 Å². The Morgan fingerprint density at radius 3 is 2.81 bits per heavy atom. The average molecular weight is 355 g/mol. The summed E-state index contributed by atoms with van der Waals surface area (Å²) in [5.74, 6) is 0.292. The molecule has 3 heterocycles. The second-order valence-corrected chi connectivity index (χ2v) is 6.07. The Kier molecular flexibility index (Phi) is 3.47. The van der Waals surface area contributed by atoms with Crippen molar-refractivity contribution in [3.8, 4) is 11.5 Å². The van der Waals surface area contributed by atoms with Crippen molar-refractivity contribution in [2.24, 2.45) is 0 Å². The molecule has 0 aliphatic heterocycles. The topological polar surface area (TPSA) is 81.2 Å².